The van der Waals surface area contributed by atoms with Gasteiger partial charge in [-0.05, 0) is 61.0 Å². The molecule has 0 spiro atoms. The van der Waals surface area contributed by atoms with Crippen LogP contribution in [0.1, 0.15) is 36.4 Å². The second kappa shape index (κ2) is 8.60. The zero-order chi connectivity index (χ0) is 18.5. The number of benzene rings is 2. The van der Waals surface area contributed by atoms with E-state index in [-0.39, 0.29) is 6.04 Å². The molecule has 1 aliphatic heterocycles. The lowest BCUT2D eigenvalue weighted by molar-refractivity contribution is -0.145. The SMILES string of the molecule is COc1cccc(C(c2ccc(SC)cc2)N2CCCCC2C(=O)O)c1. The maximum Gasteiger partial charge on any atom is 0.320 e. The first kappa shape index (κ1) is 18.8. The number of carbonyl (C=O) groups is 1. The molecule has 0 amide bonds. The molecule has 0 aromatic heterocycles. The van der Waals surface area contributed by atoms with E-state index in [4.69, 9.17) is 4.74 Å². The van der Waals surface area contributed by atoms with Crippen molar-refractivity contribution in [2.24, 2.45) is 0 Å². The third kappa shape index (κ3) is 4.05. The molecule has 0 bridgehead atoms. The van der Waals surface area contributed by atoms with Gasteiger partial charge in [0.1, 0.15) is 11.8 Å². The topological polar surface area (TPSA) is 49.8 Å². The highest BCUT2D eigenvalue weighted by atomic mass is 32.2. The molecular weight excluding hydrogens is 346 g/mol. The number of ether oxygens (including phenoxy) is 1. The lowest BCUT2D eigenvalue weighted by Gasteiger charge is -2.39. The zero-order valence-corrected chi connectivity index (χ0v) is 16.0. The minimum atomic E-state index is -0.738. The quantitative estimate of drug-likeness (QED) is 0.761. The normalized spacial score (nSPS) is 19.1. The van der Waals surface area contributed by atoms with E-state index < -0.39 is 12.0 Å². The van der Waals surface area contributed by atoms with E-state index in [1.54, 1.807) is 18.9 Å². The number of hydrogen-bond acceptors (Lipinski definition) is 4. The third-order valence-corrected chi connectivity index (χ3v) is 5.75. The minimum absolute atomic E-state index is 0.0950. The molecule has 0 radical (unpaired) electrons. The van der Waals surface area contributed by atoms with Gasteiger partial charge in [0.2, 0.25) is 0 Å². The summed E-state index contributed by atoms with van der Waals surface area (Å²) in [7, 11) is 1.66. The van der Waals surface area contributed by atoms with Gasteiger partial charge in [-0.15, -0.1) is 11.8 Å². The van der Waals surface area contributed by atoms with E-state index in [1.165, 1.54) is 4.90 Å². The van der Waals surface area contributed by atoms with Gasteiger partial charge in [0.15, 0.2) is 0 Å². The van der Waals surface area contributed by atoms with Crippen molar-refractivity contribution in [3.63, 3.8) is 0 Å². The Bertz CT molecular complexity index is 747. The molecule has 2 unspecified atom stereocenters. The van der Waals surface area contributed by atoms with Crippen molar-refractivity contribution in [3.05, 3.63) is 59.7 Å². The fourth-order valence-corrected chi connectivity index (χ4v) is 4.11. The third-order valence-electron chi connectivity index (χ3n) is 5.00. The van der Waals surface area contributed by atoms with Gasteiger partial charge in [-0.2, -0.15) is 0 Å². The molecule has 5 heteroatoms. The van der Waals surface area contributed by atoms with Gasteiger partial charge in [0, 0.05) is 4.90 Å². The smallest absolute Gasteiger partial charge is 0.320 e. The second-order valence-electron chi connectivity index (χ2n) is 6.54. The van der Waals surface area contributed by atoms with E-state index in [2.05, 4.69) is 41.5 Å². The first-order valence-corrected chi connectivity index (χ1v) is 10.1. The number of thioether (sulfide) groups is 1. The first-order chi connectivity index (χ1) is 12.6. The maximum absolute atomic E-state index is 11.9. The molecule has 138 valence electrons. The molecule has 1 aliphatic rings. The number of piperidine rings is 1. The van der Waals surface area contributed by atoms with Gasteiger partial charge in [0.25, 0.3) is 0 Å². The van der Waals surface area contributed by atoms with E-state index in [1.807, 2.05) is 18.2 Å². The predicted molar refractivity (Wildman–Crippen MR) is 105 cm³/mol. The molecule has 1 saturated heterocycles. The average Bonchev–Trinajstić information content (AvgIpc) is 2.69. The molecular formula is C21H25NO3S. The van der Waals surface area contributed by atoms with Crippen LogP contribution < -0.4 is 4.74 Å². The van der Waals surface area contributed by atoms with Crippen LogP contribution in [0, 0.1) is 0 Å². The van der Waals surface area contributed by atoms with Gasteiger partial charge < -0.3 is 9.84 Å². The molecule has 1 fully saturated rings. The summed E-state index contributed by atoms with van der Waals surface area (Å²) in [5, 5.41) is 9.76. The highest BCUT2D eigenvalue weighted by molar-refractivity contribution is 7.98. The summed E-state index contributed by atoms with van der Waals surface area (Å²) in [6.45, 7) is 0.781. The van der Waals surface area contributed by atoms with Crippen molar-refractivity contribution in [3.8, 4) is 5.75 Å². The molecule has 2 aromatic carbocycles. The Morgan fingerprint density at radius 2 is 1.96 bits per heavy atom. The molecule has 2 atom stereocenters. The average molecular weight is 372 g/mol. The van der Waals surface area contributed by atoms with Gasteiger partial charge >= 0.3 is 5.97 Å². The van der Waals surface area contributed by atoms with Crippen molar-refractivity contribution in [1.29, 1.82) is 0 Å². The van der Waals surface area contributed by atoms with Crippen LogP contribution in [-0.2, 0) is 4.79 Å². The number of methoxy groups -OCH3 is 1. The van der Waals surface area contributed by atoms with Crippen LogP contribution in [0.15, 0.2) is 53.4 Å². The summed E-state index contributed by atoms with van der Waals surface area (Å²) in [6, 6.07) is 15.8. The highest BCUT2D eigenvalue weighted by Gasteiger charge is 2.35. The fraction of sp³-hybridized carbons (Fsp3) is 0.381. The molecule has 1 heterocycles. The van der Waals surface area contributed by atoms with Gasteiger partial charge in [-0.3, -0.25) is 9.69 Å². The summed E-state index contributed by atoms with van der Waals surface area (Å²) in [4.78, 5) is 15.2. The van der Waals surface area contributed by atoms with Gasteiger partial charge in [-0.25, -0.2) is 0 Å². The Labute approximate surface area is 159 Å². The van der Waals surface area contributed by atoms with Crippen molar-refractivity contribution in [2.75, 3.05) is 19.9 Å². The van der Waals surface area contributed by atoms with Crippen molar-refractivity contribution < 1.29 is 14.6 Å². The number of rotatable bonds is 6. The fourth-order valence-electron chi connectivity index (χ4n) is 3.70. The molecule has 0 aliphatic carbocycles. The molecule has 0 saturated carbocycles. The number of likely N-dealkylation sites (tertiary alicyclic amines) is 1. The van der Waals surface area contributed by atoms with E-state index >= 15 is 0 Å². The van der Waals surface area contributed by atoms with E-state index in [0.717, 1.165) is 36.3 Å². The summed E-state index contributed by atoms with van der Waals surface area (Å²) in [6.07, 6.45) is 4.73. The Morgan fingerprint density at radius 1 is 1.19 bits per heavy atom. The highest BCUT2D eigenvalue weighted by Crippen LogP contribution is 2.36. The summed E-state index contributed by atoms with van der Waals surface area (Å²) >= 11 is 1.70. The van der Waals surface area contributed by atoms with Crippen LogP contribution in [0.3, 0.4) is 0 Å². The Hall–Kier alpha value is -1.98. The lowest BCUT2D eigenvalue weighted by atomic mass is 9.91. The Kier molecular flexibility index (Phi) is 6.22. The largest absolute Gasteiger partial charge is 0.497 e. The van der Waals surface area contributed by atoms with Crippen LogP contribution in [0.5, 0.6) is 5.75 Å². The van der Waals surface area contributed by atoms with E-state index in [0.29, 0.717) is 6.42 Å². The van der Waals surface area contributed by atoms with Gasteiger partial charge in [0.05, 0.1) is 13.2 Å². The predicted octanol–water partition coefficient (Wildman–Crippen LogP) is 4.45. The number of aliphatic carboxylic acids is 1. The van der Waals surface area contributed by atoms with Crippen molar-refractivity contribution in [2.45, 2.75) is 36.2 Å². The first-order valence-electron chi connectivity index (χ1n) is 8.90. The second-order valence-corrected chi connectivity index (χ2v) is 7.42. The number of nitrogens with zero attached hydrogens (tertiary/aromatic N) is 1. The standard InChI is InChI=1S/C21H25NO3S/c1-25-17-7-5-6-16(14-17)20(15-9-11-18(26-2)12-10-15)22-13-4-3-8-19(22)21(23)24/h5-7,9-12,14,19-20H,3-4,8,13H2,1-2H3,(H,23,24). The minimum Gasteiger partial charge on any atom is -0.497 e. The van der Waals surface area contributed by atoms with Crippen LogP contribution in [0.25, 0.3) is 0 Å². The van der Waals surface area contributed by atoms with Gasteiger partial charge in [-0.1, -0.05) is 30.7 Å². The lowest BCUT2D eigenvalue weighted by Crippen LogP contribution is -2.46. The summed E-state index contributed by atoms with van der Waals surface area (Å²) in [5.74, 6) is 0.0513. The maximum atomic E-state index is 11.9. The zero-order valence-electron chi connectivity index (χ0n) is 15.2. The Morgan fingerprint density at radius 3 is 2.62 bits per heavy atom. The van der Waals surface area contributed by atoms with Crippen LogP contribution >= 0.6 is 11.8 Å². The molecule has 4 nitrogen and oxygen atoms in total. The summed E-state index contributed by atoms with van der Waals surface area (Å²) < 4.78 is 5.40. The van der Waals surface area contributed by atoms with E-state index in [9.17, 15) is 9.90 Å². The molecule has 3 rings (SSSR count). The van der Waals surface area contributed by atoms with Crippen LogP contribution in [0.4, 0.5) is 0 Å². The number of carboxylic acid groups (broad SMARTS) is 1. The monoisotopic (exact) mass is 371 g/mol. The Balaban J connectivity index is 2.06. The van der Waals surface area contributed by atoms with Crippen LogP contribution in [-0.4, -0.2) is 41.9 Å². The number of hydrogen-bond donors (Lipinski definition) is 1. The molecule has 2 aromatic rings. The van der Waals surface area contributed by atoms with Crippen LogP contribution in [0.2, 0.25) is 0 Å². The van der Waals surface area contributed by atoms with Crippen molar-refractivity contribution in [1.82, 2.24) is 4.90 Å². The summed E-state index contributed by atoms with van der Waals surface area (Å²) in [5.41, 5.74) is 2.18. The molecule has 1 N–H and O–H groups in total. The molecule has 26 heavy (non-hydrogen) atoms. The van der Waals surface area contributed by atoms with Crippen molar-refractivity contribution >= 4 is 17.7 Å². The number of carboxylic acids is 1.